The third-order valence-corrected chi connectivity index (χ3v) is 5.99. The molecule has 4 aromatic rings. The van der Waals surface area contributed by atoms with Crippen LogP contribution in [0.2, 0.25) is 0 Å². The molecule has 0 aliphatic carbocycles. The van der Waals surface area contributed by atoms with Gasteiger partial charge in [0.15, 0.2) is 10.9 Å². The van der Waals surface area contributed by atoms with Gasteiger partial charge in [-0.3, -0.25) is 9.59 Å². The van der Waals surface area contributed by atoms with Crippen molar-refractivity contribution in [1.82, 2.24) is 9.97 Å². The summed E-state index contributed by atoms with van der Waals surface area (Å²) in [4.78, 5) is 54.9. The van der Waals surface area contributed by atoms with E-state index >= 15 is 0 Å². The van der Waals surface area contributed by atoms with Crippen LogP contribution in [0.3, 0.4) is 0 Å². The number of esters is 2. The number of rotatable bonds is 15. The number of ether oxygens (including phenoxy) is 6. The minimum atomic E-state index is -0.616. The number of H-pyrrole nitrogens is 2. The molecular formula is C30H32N2O10. The van der Waals surface area contributed by atoms with Crippen LogP contribution in [0.25, 0.3) is 21.8 Å². The lowest BCUT2D eigenvalue weighted by molar-refractivity contribution is 0.0276. The molecule has 0 radical (unpaired) electrons. The number of carbonyl (C=O) groups is 2. The molecular weight excluding hydrogens is 548 g/mol. The summed E-state index contributed by atoms with van der Waals surface area (Å²) in [5.74, 6) is -0.403. The predicted molar refractivity (Wildman–Crippen MR) is 154 cm³/mol. The molecule has 2 heterocycles. The van der Waals surface area contributed by atoms with Crippen molar-refractivity contribution in [3.05, 3.63) is 80.4 Å². The van der Waals surface area contributed by atoms with Crippen molar-refractivity contribution in [2.24, 2.45) is 0 Å². The zero-order valence-corrected chi connectivity index (χ0v) is 23.4. The van der Waals surface area contributed by atoms with Crippen molar-refractivity contribution in [1.29, 1.82) is 0 Å². The maximum atomic E-state index is 12.4. The fraction of sp³-hybridized carbons (Fsp3) is 0.333. The molecule has 0 saturated carbocycles. The van der Waals surface area contributed by atoms with E-state index in [1.54, 1.807) is 50.2 Å². The van der Waals surface area contributed by atoms with Gasteiger partial charge >= 0.3 is 11.9 Å². The van der Waals surface area contributed by atoms with Gasteiger partial charge in [0.25, 0.3) is 0 Å². The fourth-order valence-electron chi connectivity index (χ4n) is 4.11. The van der Waals surface area contributed by atoms with Crippen molar-refractivity contribution >= 4 is 33.7 Å². The fourth-order valence-corrected chi connectivity index (χ4v) is 4.11. The topological polar surface area (TPSA) is 155 Å². The standard InChI is InChI=1S/C30H32N2O10/c1-3-39-29(35)21-17-23(33)19-7-5-9-25(27(19)31-21)41-15-13-37-11-12-38-14-16-42-26-10-6-8-20-24(34)18-22(32-28(20)26)30(36)40-4-2/h5-10,17-18H,3-4,11-16H2,1-2H3,(H,31,33)(H,32,34). The lowest BCUT2D eigenvalue weighted by Gasteiger charge is -2.12. The number of nitrogens with one attached hydrogen (secondary N) is 2. The van der Waals surface area contributed by atoms with Gasteiger partial charge in [-0.05, 0) is 38.1 Å². The van der Waals surface area contributed by atoms with E-state index in [9.17, 15) is 19.2 Å². The van der Waals surface area contributed by atoms with Gasteiger partial charge in [0.2, 0.25) is 0 Å². The van der Waals surface area contributed by atoms with E-state index in [4.69, 9.17) is 28.4 Å². The third kappa shape index (κ3) is 7.53. The SMILES string of the molecule is CCOC(=O)c1cc(=O)c2cccc(OCCOCCOCCOc3cccc4c(=O)cc(C(=O)OCC)[nH]c34)c2[nH]1. The van der Waals surface area contributed by atoms with Crippen LogP contribution in [-0.2, 0) is 18.9 Å². The normalized spacial score (nSPS) is 11.0. The summed E-state index contributed by atoms with van der Waals surface area (Å²) in [5, 5.41) is 0.790. The van der Waals surface area contributed by atoms with E-state index in [1.165, 1.54) is 12.1 Å². The van der Waals surface area contributed by atoms with Crippen LogP contribution in [0.5, 0.6) is 11.5 Å². The molecule has 4 rings (SSSR count). The van der Waals surface area contributed by atoms with Crippen LogP contribution in [0.15, 0.2) is 58.1 Å². The molecule has 0 aliphatic heterocycles. The van der Waals surface area contributed by atoms with E-state index in [0.717, 1.165) is 0 Å². The second-order valence-corrected chi connectivity index (χ2v) is 8.81. The first kappa shape index (κ1) is 30.3. The molecule has 0 unspecified atom stereocenters. The highest BCUT2D eigenvalue weighted by molar-refractivity contribution is 5.93. The van der Waals surface area contributed by atoms with Crippen LogP contribution in [0, 0.1) is 0 Å². The molecule has 222 valence electrons. The Morgan fingerprint density at radius 1 is 0.619 bits per heavy atom. The van der Waals surface area contributed by atoms with Crippen LogP contribution in [0.4, 0.5) is 0 Å². The first-order valence-corrected chi connectivity index (χ1v) is 13.5. The summed E-state index contributed by atoms with van der Waals surface area (Å²) in [6, 6.07) is 12.5. The van der Waals surface area contributed by atoms with E-state index in [0.29, 0.717) is 46.5 Å². The second-order valence-electron chi connectivity index (χ2n) is 8.81. The monoisotopic (exact) mass is 580 g/mol. The van der Waals surface area contributed by atoms with Gasteiger partial charge in [-0.25, -0.2) is 9.59 Å². The maximum absolute atomic E-state index is 12.4. The summed E-state index contributed by atoms with van der Waals surface area (Å²) in [6.07, 6.45) is 0. The second kappa shape index (κ2) is 14.8. The average molecular weight is 581 g/mol. The minimum absolute atomic E-state index is 0.0536. The van der Waals surface area contributed by atoms with Crippen molar-refractivity contribution in [3.63, 3.8) is 0 Å². The molecule has 2 aromatic heterocycles. The lowest BCUT2D eigenvalue weighted by atomic mass is 10.2. The molecule has 0 saturated heterocycles. The Bertz CT molecular complexity index is 1540. The first-order chi connectivity index (χ1) is 20.4. The quantitative estimate of drug-likeness (QED) is 0.158. The van der Waals surface area contributed by atoms with Crippen molar-refractivity contribution in [3.8, 4) is 11.5 Å². The minimum Gasteiger partial charge on any atom is -0.489 e. The number of pyridine rings is 2. The molecule has 0 bridgehead atoms. The summed E-state index contributed by atoms with van der Waals surface area (Å²) in [7, 11) is 0. The zero-order chi connectivity index (χ0) is 29.9. The average Bonchev–Trinajstić information content (AvgIpc) is 2.98. The van der Waals surface area contributed by atoms with Crippen LogP contribution < -0.4 is 20.3 Å². The number of aromatic nitrogens is 2. The van der Waals surface area contributed by atoms with E-state index in [-0.39, 0.29) is 61.9 Å². The molecule has 0 amide bonds. The molecule has 0 spiro atoms. The van der Waals surface area contributed by atoms with Gasteiger partial charge in [0, 0.05) is 22.9 Å². The first-order valence-electron chi connectivity index (χ1n) is 13.5. The van der Waals surface area contributed by atoms with Crippen LogP contribution in [-0.4, -0.2) is 74.8 Å². The molecule has 2 N–H and O–H groups in total. The zero-order valence-electron chi connectivity index (χ0n) is 23.4. The highest BCUT2D eigenvalue weighted by Gasteiger charge is 2.14. The predicted octanol–water partition coefficient (Wildman–Crippen LogP) is 3.21. The number of benzene rings is 2. The molecule has 2 aromatic carbocycles. The van der Waals surface area contributed by atoms with E-state index < -0.39 is 11.9 Å². The number of fused-ring (bicyclic) bond motifs is 2. The van der Waals surface area contributed by atoms with E-state index in [2.05, 4.69) is 9.97 Å². The van der Waals surface area contributed by atoms with Crippen LogP contribution in [0.1, 0.15) is 34.8 Å². The van der Waals surface area contributed by atoms with Gasteiger partial charge in [-0.1, -0.05) is 12.1 Å². The Morgan fingerprint density at radius 2 is 1.02 bits per heavy atom. The van der Waals surface area contributed by atoms with Gasteiger partial charge in [0.1, 0.15) is 36.1 Å². The van der Waals surface area contributed by atoms with Crippen molar-refractivity contribution in [2.75, 3.05) is 52.9 Å². The van der Waals surface area contributed by atoms with E-state index in [1.807, 2.05) is 0 Å². The molecule has 42 heavy (non-hydrogen) atoms. The van der Waals surface area contributed by atoms with Gasteiger partial charge in [-0.15, -0.1) is 0 Å². The summed E-state index contributed by atoms with van der Waals surface area (Å²) in [5.41, 5.74) is 0.290. The maximum Gasteiger partial charge on any atom is 0.354 e. The summed E-state index contributed by atoms with van der Waals surface area (Å²) >= 11 is 0. The Morgan fingerprint density at radius 3 is 1.43 bits per heavy atom. The number of carbonyl (C=O) groups excluding carboxylic acids is 2. The third-order valence-electron chi connectivity index (χ3n) is 5.99. The Kier molecular flexibility index (Phi) is 10.7. The summed E-state index contributed by atoms with van der Waals surface area (Å²) < 4.78 is 32.6. The Hall–Kier alpha value is -4.68. The number of hydrogen-bond acceptors (Lipinski definition) is 10. The molecule has 0 atom stereocenters. The molecule has 12 heteroatoms. The number of hydrogen-bond donors (Lipinski definition) is 2. The van der Waals surface area contributed by atoms with Crippen molar-refractivity contribution in [2.45, 2.75) is 13.8 Å². The Labute approximate surface area is 240 Å². The smallest absolute Gasteiger partial charge is 0.354 e. The largest absolute Gasteiger partial charge is 0.489 e. The van der Waals surface area contributed by atoms with Gasteiger partial charge in [0.05, 0.1) is 50.7 Å². The molecule has 0 aliphatic rings. The molecule has 12 nitrogen and oxygen atoms in total. The van der Waals surface area contributed by atoms with Gasteiger partial charge < -0.3 is 38.4 Å². The number of aromatic amines is 2. The Balaban J connectivity index is 1.20. The van der Waals surface area contributed by atoms with Crippen molar-refractivity contribution < 1.29 is 38.0 Å². The summed E-state index contributed by atoms with van der Waals surface area (Å²) in [6.45, 7) is 5.33. The van der Waals surface area contributed by atoms with Crippen LogP contribution >= 0.6 is 0 Å². The highest BCUT2D eigenvalue weighted by atomic mass is 16.6. The molecule has 0 fully saturated rings. The van der Waals surface area contributed by atoms with Gasteiger partial charge in [-0.2, -0.15) is 0 Å². The lowest BCUT2D eigenvalue weighted by Crippen LogP contribution is -2.15. The highest BCUT2D eigenvalue weighted by Crippen LogP contribution is 2.23. The number of para-hydroxylation sites is 2.